The van der Waals surface area contributed by atoms with E-state index in [-0.39, 0.29) is 21.7 Å². The molecule has 2 aromatic carbocycles. The van der Waals surface area contributed by atoms with Gasteiger partial charge in [0, 0.05) is 36.6 Å². The van der Waals surface area contributed by atoms with Crippen molar-refractivity contribution in [3.63, 3.8) is 0 Å². The number of aromatic amines is 1. The lowest BCUT2D eigenvalue weighted by atomic mass is 10.2. The number of phenols is 1. The van der Waals surface area contributed by atoms with E-state index in [0.29, 0.717) is 24.6 Å². The predicted molar refractivity (Wildman–Crippen MR) is 108 cm³/mol. The van der Waals surface area contributed by atoms with E-state index >= 15 is 0 Å². The first kappa shape index (κ1) is 19.4. The first-order valence-electron chi connectivity index (χ1n) is 8.59. The van der Waals surface area contributed by atoms with Gasteiger partial charge in [0.1, 0.15) is 11.4 Å². The van der Waals surface area contributed by atoms with Gasteiger partial charge >= 0.3 is 0 Å². The van der Waals surface area contributed by atoms with Crippen LogP contribution in [0.15, 0.2) is 42.5 Å². The van der Waals surface area contributed by atoms with E-state index in [1.165, 1.54) is 12.1 Å². The first-order valence-corrected chi connectivity index (χ1v) is 9.35. The number of fused-ring (bicyclic) bond motifs is 1. The molecule has 0 saturated carbocycles. The van der Waals surface area contributed by atoms with E-state index in [4.69, 9.17) is 27.9 Å². The Kier molecular flexibility index (Phi) is 6.14. The highest BCUT2D eigenvalue weighted by atomic mass is 35.5. The summed E-state index contributed by atoms with van der Waals surface area (Å²) < 4.78 is 5.60. The Hall–Kier alpha value is -2.37. The molecule has 3 aromatic rings. The van der Waals surface area contributed by atoms with E-state index < -0.39 is 0 Å². The number of rotatable bonds is 7. The number of aromatic hydroxyl groups is 1. The Labute approximate surface area is 167 Å². The number of phenolic OH excluding ortho intramolecular Hbond substituents is 1. The Morgan fingerprint density at radius 2 is 1.85 bits per heavy atom. The highest BCUT2D eigenvalue weighted by molar-refractivity contribution is 6.37. The lowest BCUT2D eigenvalue weighted by molar-refractivity contribution is 0.0786. The molecular formula is C20H20Cl2N2O3. The van der Waals surface area contributed by atoms with Crippen LogP contribution in [0.25, 0.3) is 10.9 Å². The number of nitrogens with one attached hydrogen (secondary N) is 1. The third kappa shape index (κ3) is 4.67. The Morgan fingerprint density at radius 1 is 1.15 bits per heavy atom. The Morgan fingerprint density at radius 3 is 2.56 bits per heavy atom. The smallest absolute Gasteiger partial charge is 0.270 e. The minimum atomic E-state index is -0.0447. The van der Waals surface area contributed by atoms with Gasteiger partial charge in [0.25, 0.3) is 5.91 Å². The van der Waals surface area contributed by atoms with Gasteiger partial charge in [-0.25, -0.2) is 0 Å². The number of carbonyl (C=O) groups excluding carboxylic acids is 1. The molecule has 0 saturated heterocycles. The number of nitrogens with zero attached hydrogens (tertiary/aromatic N) is 1. The van der Waals surface area contributed by atoms with Crippen molar-refractivity contribution in [3.05, 3.63) is 58.2 Å². The topological polar surface area (TPSA) is 65.6 Å². The molecule has 0 atom stereocenters. The fourth-order valence-electron chi connectivity index (χ4n) is 2.81. The molecule has 0 spiro atoms. The third-order valence-electron chi connectivity index (χ3n) is 4.22. The number of hydrogen-bond donors (Lipinski definition) is 2. The highest BCUT2D eigenvalue weighted by Gasteiger charge is 2.14. The summed E-state index contributed by atoms with van der Waals surface area (Å²) in [4.78, 5) is 17.4. The summed E-state index contributed by atoms with van der Waals surface area (Å²) in [6, 6.07) is 12.4. The van der Waals surface area contributed by atoms with Crippen LogP contribution < -0.4 is 4.74 Å². The van der Waals surface area contributed by atoms with Crippen molar-refractivity contribution in [2.75, 3.05) is 20.2 Å². The van der Waals surface area contributed by atoms with Crippen molar-refractivity contribution in [2.45, 2.75) is 12.8 Å². The highest BCUT2D eigenvalue weighted by Crippen LogP contribution is 2.36. The zero-order valence-electron chi connectivity index (χ0n) is 14.8. The number of unbranched alkanes of at least 4 members (excludes halogenated alkanes) is 1. The summed E-state index contributed by atoms with van der Waals surface area (Å²) >= 11 is 12.0. The summed E-state index contributed by atoms with van der Waals surface area (Å²) in [5, 5.41) is 11.0. The normalized spacial score (nSPS) is 10.9. The number of H-pyrrole nitrogens is 1. The molecule has 27 heavy (non-hydrogen) atoms. The standard InChI is InChI=1S/C20H20Cl2N2O3/c1-24(20(26)18-10-13-6-2-3-7-17(13)23-18)8-4-5-9-27-19-15(21)11-14(25)12-16(19)22/h2-3,6-7,10-12,23,25H,4-5,8-9H2,1H3. The molecule has 0 aliphatic heterocycles. The molecule has 142 valence electrons. The van der Waals surface area contributed by atoms with Crippen LogP contribution in [0, 0.1) is 0 Å². The van der Waals surface area contributed by atoms with Crippen molar-refractivity contribution in [2.24, 2.45) is 0 Å². The fraction of sp³-hybridized carbons (Fsp3) is 0.250. The van der Waals surface area contributed by atoms with Gasteiger partial charge in [-0.05, 0) is 25.0 Å². The molecule has 0 aliphatic rings. The molecule has 1 heterocycles. The third-order valence-corrected chi connectivity index (χ3v) is 4.79. The van der Waals surface area contributed by atoms with Crippen LogP contribution in [0.2, 0.25) is 10.0 Å². The average molecular weight is 407 g/mol. The van der Waals surface area contributed by atoms with Gasteiger partial charge in [-0.15, -0.1) is 0 Å². The Balaban J connectivity index is 1.47. The van der Waals surface area contributed by atoms with Crippen LogP contribution in [0.4, 0.5) is 0 Å². The van der Waals surface area contributed by atoms with Gasteiger partial charge in [0.2, 0.25) is 0 Å². The van der Waals surface area contributed by atoms with Crippen molar-refractivity contribution in [1.29, 1.82) is 0 Å². The molecule has 2 N–H and O–H groups in total. The maximum Gasteiger partial charge on any atom is 0.270 e. The molecular weight excluding hydrogens is 387 g/mol. The van der Waals surface area contributed by atoms with Gasteiger partial charge in [-0.1, -0.05) is 41.4 Å². The maximum atomic E-state index is 12.5. The van der Waals surface area contributed by atoms with Gasteiger partial charge in [0.15, 0.2) is 5.75 Å². The molecule has 0 aliphatic carbocycles. The van der Waals surface area contributed by atoms with Gasteiger partial charge in [0.05, 0.1) is 16.7 Å². The van der Waals surface area contributed by atoms with Gasteiger partial charge in [-0.3, -0.25) is 4.79 Å². The molecule has 0 radical (unpaired) electrons. The largest absolute Gasteiger partial charge is 0.508 e. The summed E-state index contributed by atoms with van der Waals surface area (Å²) in [7, 11) is 1.78. The number of para-hydroxylation sites is 1. The summed E-state index contributed by atoms with van der Waals surface area (Å²) in [5.41, 5.74) is 1.53. The predicted octanol–water partition coefficient (Wildman–Crippen LogP) is 5.11. The molecule has 1 aromatic heterocycles. The number of aromatic nitrogens is 1. The van der Waals surface area contributed by atoms with Crippen LogP contribution in [0.5, 0.6) is 11.5 Å². The number of hydrogen-bond acceptors (Lipinski definition) is 3. The zero-order valence-corrected chi connectivity index (χ0v) is 16.3. The number of ether oxygens (including phenoxy) is 1. The van der Waals surface area contributed by atoms with Crippen LogP contribution in [0.1, 0.15) is 23.3 Å². The number of benzene rings is 2. The SMILES string of the molecule is CN(CCCCOc1c(Cl)cc(O)cc1Cl)C(=O)c1cc2ccccc2[nH]1. The van der Waals surface area contributed by atoms with Crippen molar-refractivity contribution in [1.82, 2.24) is 9.88 Å². The minimum absolute atomic E-state index is 0.00513. The molecule has 0 fully saturated rings. The molecule has 0 bridgehead atoms. The summed E-state index contributed by atoms with van der Waals surface area (Å²) in [6.07, 6.45) is 1.51. The van der Waals surface area contributed by atoms with Crippen LogP contribution in [-0.4, -0.2) is 41.1 Å². The van der Waals surface area contributed by atoms with E-state index in [9.17, 15) is 9.90 Å². The molecule has 0 unspecified atom stereocenters. The van der Waals surface area contributed by atoms with Crippen LogP contribution in [-0.2, 0) is 0 Å². The van der Waals surface area contributed by atoms with Crippen LogP contribution in [0.3, 0.4) is 0 Å². The second-order valence-corrected chi connectivity index (χ2v) is 7.11. The summed E-state index contributed by atoms with van der Waals surface area (Å²) in [5.74, 6) is 0.310. The molecule has 3 rings (SSSR count). The lowest BCUT2D eigenvalue weighted by Gasteiger charge is -2.16. The van der Waals surface area contributed by atoms with E-state index in [2.05, 4.69) is 4.98 Å². The second-order valence-electron chi connectivity index (χ2n) is 6.29. The molecule has 7 heteroatoms. The quantitative estimate of drug-likeness (QED) is 0.535. The van der Waals surface area contributed by atoms with Crippen molar-refractivity contribution >= 4 is 40.0 Å². The zero-order chi connectivity index (χ0) is 19.4. The number of amides is 1. The monoisotopic (exact) mass is 406 g/mol. The maximum absolute atomic E-state index is 12.5. The van der Waals surface area contributed by atoms with Crippen molar-refractivity contribution in [3.8, 4) is 11.5 Å². The summed E-state index contributed by atoms with van der Waals surface area (Å²) in [6.45, 7) is 1.02. The minimum Gasteiger partial charge on any atom is -0.508 e. The molecule has 1 amide bonds. The number of carbonyl (C=O) groups is 1. The number of halogens is 2. The van der Waals surface area contributed by atoms with Gasteiger partial charge < -0.3 is 19.7 Å². The van der Waals surface area contributed by atoms with Crippen LogP contribution >= 0.6 is 23.2 Å². The van der Waals surface area contributed by atoms with E-state index in [1.807, 2.05) is 30.3 Å². The molecule has 5 nitrogen and oxygen atoms in total. The van der Waals surface area contributed by atoms with E-state index in [1.54, 1.807) is 11.9 Å². The average Bonchev–Trinajstić information content (AvgIpc) is 3.06. The first-order chi connectivity index (χ1) is 13.0. The van der Waals surface area contributed by atoms with E-state index in [0.717, 1.165) is 23.7 Å². The van der Waals surface area contributed by atoms with Gasteiger partial charge in [-0.2, -0.15) is 0 Å². The Bertz CT molecular complexity index is 899. The lowest BCUT2D eigenvalue weighted by Crippen LogP contribution is -2.28. The van der Waals surface area contributed by atoms with Crippen molar-refractivity contribution < 1.29 is 14.6 Å². The fourth-order valence-corrected chi connectivity index (χ4v) is 3.39. The second kappa shape index (κ2) is 8.55.